The summed E-state index contributed by atoms with van der Waals surface area (Å²) >= 11 is 0. The van der Waals surface area contributed by atoms with E-state index in [0.29, 0.717) is 37.8 Å². The molecular weight excluding hydrogens is 358 g/mol. The monoisotopic (exact) mass is 393 g/mol. The molecule has 5 rings (SSSR count). The van der Waals surface area contributed by atoms with Crippen LogP contribution < -0.4 is 16.0 Å². The van der Waals surface area contributed by atoms with Gasteiger partial charge in [0.05, 0.1) is 18.2 Å². The van der Waals surface area contributed by atoms with Gasteiger partial charge in [-0.2, -0.15) is 0 Å². The number of nitrogens with one attached hydrogen (secondary N) is 3. The van der Waals surface area contributed by atoms with Crippen molar-refractivity contribution in [3.63, 3.8) is 0 Å². The quantitative estimate of drug-likeness (QED) is 0.582. The molecule has 7 heteroatoms. The minimum atomic E-state index is -0.582. The zero-order valence-corrected chi connectivity index (χ0v) is 17.3. The van der Waals surface area contributed by atoms with E-state index < -0.39 is 11.7 Å². The van der Waals surface area contributed by atoms with E-state index in [4.69, 9.17) is 4.74 Å². The molecule has 7 nitrogen and oxygen atoms in total. The Bertz CT molecular complexity index is 630. The van der Waals surface area contributed by atoms with Crippen molar-refractivity contribution in [2.45, 2.75) is 88.9 Å². The largest absolute Gasteiger partial charge is 0.449 e. The van der Waals surface area contributed by atoms with Crippen LogP contribution in [-0.4, -0.2) is 53.5 Å². The van der Waals surface area contributed by atoms with Gasteiger partial charge in [0.15, 0.2) is 0 Å². The van der Waals surface area contributed by atoms with Gasteiger partial charge in [0.2, 0.25) is 5.91 Å². The Hall–Kier alpha value is -1.34. The van der Waals surface area contributed by atoms with E-state index in [1.165, 1.54) is 6.42 Å². The molecule has 158 valence electrons. The summed E-state index contributed by atoms with van der Waals surface area (Å²) in [6.45, 7) is 6.96. The molecule has 1 saturated heterocycles. The third kappa shape index (κ3) is 4.30. The van der Waals surface area contributed by atoms with Gasteiger partial charge < -0.3 is 25.8 Å². The lowest BCUT2D eigenvalue weighted by Gasteiger charge is -2.60. The zero-order valence-electron chi connectivity index (χ0n) is 17.3. The molecule has 0 spiro atoms. The molecule has 0 radical (unpaired) electrons. The summed E-state index contributed by atoms with van der Waals surface area (Å²) in [6, 6.07) is -0.417. The minimum Gasteiger partial charge on any atom is -0.449 e. The molecule has 4 atom stereocenters. The van der Waals surface area contributed by atoms with Gasteiger partial charge >= 0.3 is 6.09 Å². The van der Waals surface area contributed by atoms with E-state index in [-0.39, 0.29) is 28.9 Å². The summed E-state index contributed by atoms with van der Waals surface area (Å²) in [7, 11) is 0. The van der Waals surface area contributed by atoms with Crippen LogP contribution in [0.1, 0.15) is 65.7 Å². The summed E-state index contributed by atoms with van der Waals surface area (Å²) in [5, 5.41) is 20.3. The lowest BCUT2D eigenvalue weighted by Crippen LogP contribution is -2.66. The van der Waals surface area contributed by atoms with E-state index in [1.807, 2.05) is 20.8 Å². The van der Waals surface area contributed by atoms with Gasteiger partial charge in [-0.15, -0.1) is 0 Å². The van der Waals surface area contributed by atoms with Crippen LogP contribution in [0, 0.1) is 17.3 Å². The summed E-state index contributed by atoms with van der Waals surface area (Å²) in [6.07, 6.45) is 5.79. The van der Waals surface area contributed by atoms with Crippen molar-refractivity contribution in [2.75, 3.05) is 13.2 Å². The molecule has 0 aromatic carbocycles. The molecule has 4 bridgehead atoms. The number of hydrogen-bond acceptors (Lipinski definition) is 5. The van der Waals surface area contributed by atoms with Crippen molar-refractivity contribution in [3.05, 3.63) is 0 Å². The third-order valence-electron chi connectivity index (χ3n) is 6.82. The van der Waals surface area contributed by atoms with E-state index in [0.717, 1.165) is 25.7 Å². The number of hydrogen-bond donors (Lipinski definition) is 4. The second kappa shape index (κ2) is 6.87. The Balaban J connectivity index is 1.28. The van der Waals surface area contributed by atoms with Crippen molar-refractivity contribution in [3.8, 4) is 0 Å². The van der Waals surface area contributed by atoms with Gasteiger partial charge in [-0.3, -0.25) is 4.79 Å². The number of carbonyl (C=O) groups is 2. The normalized spacial score (nSPS) is 41.7. The molecule has 5 aliphatic rings. The minimum absolute atomic E-state index is 0.00194. The molecule has 2 amide bonds. The van der Waals surface area contributed by atoms with Crippen LogP contribution in [0.3, 0.4) is 0 Å². The number of ether oxygens (including phenoxy) is 1. The highest BCUT2D eigenvalue weighted by atomic mass is 16.5. The summed E-state index contributed by atoms with van der Waals surface area (Å²) in [4.78, 5) is 24.9. The van der Waals surface area contributed by atoms with Crippen molar-refractivity contribution in [2.24, 2.45) is 17.3 Å². The molecule has 4 saturated carbocycles. The van der Waals surface area contributed by atoms with Crippen LogP contribution in [-0.2, 0) is 9.53 Å². The van der Waals surface area contributed by atoms with Gasteiger partial charge in [0.25, 0.3) is 0 Å². The van der Waals surface area contributed by atoms with Gasteiger partial charge in [0, 0.05) is 18.1 Å². The highest BCUT2D eigenvalue weighted by Crippen LogP contribution is 2.57. The Kier molecular flexibility index (Phi) is 4.90. The fourth-order valence-corrected chi connectivity index (χ4v) is 6.24. The molecule has 0 unspecified atom stereocenters. The average Bonchev–Trinajstić information content (AvgIpc) is 2.98. The summed E-state index contributed by atoms with van der Waals surface area (Å²) < 4.78 is 5.26. The topological polar surface area (TPSA) is 99.7 Å². The van der Waals surface area contributed by atoms with Gasteiger partial charge in [-0.05, 0) is 62.2 Å². The second-order valence-corrected chi connectivity index (χ2v) is 11.1. The molecule has 4 aliphatic carbocycles. The first kappa shape index (κ1) is 20.0. The second-order valence-electron chi connectivity index (χ2n) is 11.1. The van der Waals surface area contributed by atoms with Gasteiger partial charge in [-0.25, -0.2) is 4.79 Å². The zero-order chi connectivity index (χ0) is 20.2. The van der Waals surface area contributed by atoms with Crippen molar-refractivity contribution in [1.29, 1.82) is 0 Å². The first-order valence-corrected chi connectivity index (χ1v) is 10.7. The molecule has 5 fully saturated rings. The smallest absolute Gasteiger partial charge is 0.407 e. The Labute approximate surface area is 167 Å². The maximum Gasteiger partial charge on any atom is 0.407 e. The van der Waals surface area contributed by atoms with E-state index in [9.17, 15) is 14.7 Å². The lowest BCUT2D eigenvalue weighted by atomic mass is 9.51. The molecule has 0 aromatic rings. The standard InChI is InChI=1S/C21H35N3O4/c1-19(2,3)12-28-18(26)23-15-5-16(22-10-15)17(25)24-20-6-13-4-14(7-20)9-21(27,8-13)11-20/h13-16,22,27H,4-12H2,1-3H3,(H,23,26)(H,24,25)/t13-,14-,15+,16-,20?,21?/m0/s1. The fourth-order valence-electron chi connectivity index (χ4n) is 6.24. The van der Waals surface area contributed by atoms with Crippen molar-refractivity contribution in [1.82, 2.24) is 16.0 Å². The van der Waals surface area contributed by atoms with Crippen LogP contribution in [0.4, 0.5) is 4.79 Å². The number of carbonyl (C=O) groups excluding carboxylic acids is 2. The molecule has 28 heavy (non-hydrogen) atoms. The third-order valence-corrected chi connectivity index (χ3v) is 6.82. The highest BCUT2D eigenvalue weighted by molar-refractivity contribution is 5.83. The SMILES string of the molecule is CC(C)(C)COC(=O)N[C@H]1CN[C@H](C(=O)NC23C[C@@H]4C[C@H](CC(O)(C4)C2)C3)C1. The van der Waals surface area contributed by atoms with Crippen molar-refractivity contribution >= 4 is 12.0 Å². The van der Waals surface area contributed by atoms with E-state index in [1.54, 1.807) is 0 Å². The average molecular weight is 394 g/mol. The highest BCUT2D eigenvalue weighted by Gasteiger charge is 2.58. The Morgan fingerprint density at radius 1 is 1.14 bits per heavy atom. The molecule has 0 aromatic heterocycles. The lowest BCUT2D eigenvalue weighted by molar-refractivity contribution is -0.151. The van der Waals surface area contributed by atoms with Crippen LogP contribution in [0.5, 0.6) is 0 Å². The van der Waals surface area contributed by atoms with Gasteiger partial charge in [0.1, 0.15) is 0 Å². The maximum atomic E-state index is 12.9. The van der Waals surface area contributed by atoms with E-state index in [2.05, 4.69) is 16.0 Å². The summed E-state index contributed by atoms with van der Waals surface area (Å²) in [5.41, 5.74) is -0.897. The molecular formula is C21H35N3O4. The predicted molar refractivity (Wildman–Crippen MR) is 105 cm³/mol. The molecule has 1 aliphatic heterocycles. The molecule has 4 N–H and O–H groups in total. The van der Waals surface area contributed by atoms with Crippen LogP contribution in [0.25, 0.3) is 0 Å². The molecule has 1 heterocycles. The number of alkyl carbamates (subject to hydrolysis) is 1. The van der Waals surface area contributed by atoms with Crippen LogP contribution in [0.2, 0.25) is 0 Å². The van der Waals surface area contributed by atoms with Gasteiger partial charge in [-0.1, -0.05) is 20.8 Å². The number of rotatable bonds is 4. The number of amides is 2. The number of aliphatic hydroxyl groups is 1. The summed E-state index contributed by atoms with van der Waals surface area (Å²) in [5.74, 6) is 1.07. The predicted octanol–water partition coefficient (Wildman–Crippen LogP) is 1.69. The Morgan fingerprint density at radius 3 is 2.43 bits per heavy atom. The Morgan fingerprint density at radius 2 is 1.82 bits per heavy atom. The van der Waals surface area contributed by atoms with Crippen LogP contribution in [0.15, 0.2) is 0 Å². The first-order valence-electron chi connectivity index (χ1n) is 10.7. The first-order chi connectivity index (χ1) is 13.0. The van der Waals surface area contributed by atoms with E-state index >= 15 is 0 Å². The maximum absolute atomic E-state index is 12.9. The fraction of sp³-hybridized carbons (Fsp3) is 0.905. The van der Waals surface area contributed by atoms with Crippen LogP contribution >= 0.6 is 0 Å². The van der Waals surface area contributed by atoms with Crippen molar-refractivity contribution < 1.29 is 19.4 Å².